The highest BCUT2D eigenvalue weighted by Crippen LogP contribution is 2.47. The summed E-state index contributed by atoms with van der Waals surface area (Å²) >= 11 is 0. The van der Waals surface area contributed by atoms with Gasteiger partial charge in [-0.25, -0.2) is 4.68 Å². The van der Waals surface area contributed by atoms with Crippen LogP contribution in [0.15, 0.2) is 47.6 Å². The van der Waals surface area contributed by atoms with Crippen molar-refractivity contribution < 1.29 is 4.79 Å². The first-order chi connectivity index (χ1) is 16.0. The minimum Gasteiger partial charge on any atom is -0.328 e. The van der Waals surface area contributed by atoms with Gasteiger partial charge in [-0.1, -0.05) is 12.1 Å². The smallest absolute Gasteiger partial charge is 0.253 e. The molecule has 9 nitrogen and oxygen atoms in total. The molecule has 2 saturated carbocycles. The van der Waals surface area contributed by atoms with Gasteiger partial charge in [-0.15, -0.1) is 5.10 Å². The van der Waals surface area contributed by atoms with E-state index in [0.717, 1.165) is 35.0 Å². The van der Waals surface area contributed by atoms with E-state index in [1.807, 2.05) is 31.4 Å². The third-order valence-electron chi connectivity index (χ3n) is 6.44. The number of carbonyl (C=O) groups is 1. The van der Waals surface area contributed by atoms with Crippen molar-refractivity contribution in [3.05, 3.63) is 53.7 Å². The van der Waals surface area contributed by atoms with E-state index in [2.05, 4.69) is 43.7 Å². The maximum absolute atomic E-state index is 12.5. The standard InChI is InChI=1S/C24H24N8O/c1-25-24(11-12-24)29-22(33)16-7-5-15(6-8-16)21-28-23(32(2)31-21)27-19-10-9-18-17(13-26-30-18)20(19)14-3-4-14/h5-10,13-14H,1,3-4,11-12H2,2H3,(H,26,30)(H,29,33)(H,27,28,31). The highest BCUT2D eigenvalue weighted by atomic mass is 16.2. The summed E-state index contributed by atoms with van der Waals surface area (Å²) in [4.78, 5) is 21.2. The molecule has 0 saturated heterocycles. The van der Waals surface area contributed by atoms with Crippen molar-refractivity contribution in [1.29, 1.82) is 0 Å². The molecule has 166 valence electrons. The van der Waals surface area contributed by atoms with Crippen molar-refractivity contribution in [2.24, 2.45) is 12.0 Å². The molecule has 6 rings (SSSR count). The number of hydrogen-bond acceptors (Lipinski definition) is 6. The topological polar surface area (TPSA) is 113 Å². The molecule has 4 aromatic rings. The Morgan fingerprint density at radius 1 is 1.21 bits per heavy atom. The summed E-state index contributed by atoms with van der Waals surface area (Å²) in [7, 11) is 1.87. The molecule has 2 aromatic carbocycles. The van der Waals surface area contributed by atoms with Gasteiger partial charge in [0.05, 0.1) is 11.7 Å². The monoisotopic (exact) mass is 440 g/mol. The number of H-pyrrole nitrogens is 1. The zero-order chi connectivity index (χ0) is 22.6. The maximum Gasteiger partial charge on any atom is 0.253 e. The molecule has 33 heavy (non-hydrogen) atoms. The number of anilines is 2. The SMILES string of the molecule is C=NC1(NC(=O)c2ccc(-c3nc(Nc4ccc5[nH]ncc5c4C4CC4)n(C)n3)cc2)CC1. The van der Waals surface area contributed by atoms with Gasteiger partial charge < -0.3 is 10.6 Å². The zero-order valence-corrected chi connectivity index (χ0v) is 18.3. The number of nitrogens with zero attached hydrogens (tertiary/aromatic N) is 5. The average Bonchev–Trinajstić information content (AvgIpc) is 3.73. The molecule has 2 heterocycles. The molecule has 0 unspecified atom stereocenters. The van der Waals surface area contributed by atoms with E-state index in [1.165, 1.54) is 18.4 Å². The Morgan fingerprint density at radius 2 is 2.00 bits per heavy atom. The molecular weight excluding hydrogens is 416 g/mol. The molecule has 0 atom stereocenters. The molecule has 2 aliphatic rings. The first-order valence-corrected chi connectivity index (χ1v) is 11.1. The van der Waals surface area contributed by atoms with Crippen LogP contribution in [0.4, 0.5) is 11.6 Å². The number of amides is 1. The fourth-order valence-corrected chi connectivity index (χ4v) is 4.19. The highest BCUT2D eigenvalue weighted by Gasteiger charge is 2.43. The Morgan fingerprint density at radius 3 is 2.70 bits per heavy atom. The molecule has 0 aliphatic heterocycles. The quantitative estimate of drug-likeness (QED) is 0.377. The summed E-state index contributed by atoms with van der Waals surface area (Å²) in [6.07, 6.45) is 5.94. The fraction of sp³-hybridized carbons (Fsp3) is 0.292. The van der Waals surface area contributed by atoms with E-state index in [9.17, 15) is 4.79 Å². The van der Waals surface area contributed by atoms with Gasteiger partial charge in [-0.05, 0) is 68.1 Å². The Bertz CT molecular complexity index is 1380. The van der Waals surface area contributed by atoms with E-state index in [4.69, 9.17) is 4.98 Å². The second-order valence-corrected chi connectivity index (χ2v) is 8.86. The lowest BCUT2D eigenvalue weighted by atomic mass is 10.0. The Hall–Kier alpha value is -4.01. The second kappa shape index (κ2) is 7.26. The van der Waals surface area contributed by atoms with Crippen molar-refractivity contribution in [3.8, 4) is 11.4 Å². The summed E-state index contributed by atoms with van der Waals surface area (Å²) in [6, 6.07) is 11.4. The summed E-state index contributed by atoms with van der Waals surface area (Å²) in [5, 5.41) is 19.4. The van der Waals surface area contributed by atoms with Gasteiger partial charge >= 0.3 is 0 Å². The van der Waals surface area contributed by atoms with E-state index in [-0.39, 0.29) is 5.91 Å². The van der Waals surface area contributed by atoms with E-state index in [0.29, 0.717) is 23.3 Å². The molecule has 2 aromatic heterocycles. The summed E-state index contributed by atoms with van der Waals surface area (Å²) in [6.45, 7) is 3.57. The van der Waals surface area contributed by atoms with Gasteiger partial charge in [-0.3, -0.25) is 14.9 Å². The van der Waals surface area contributed by atoms with E-state index >= 15 is 0 Å². The van der Waals surface area contributed by atoms with Crippen LogP contribution >= 0.6 is 0 Å². The van der Waals surface area contributed by atoms with Gasteiger partial charge in [0.1, 0.15) is 5.66 Å². The highest BCUT2D eigenvalue weighted by molar-refractivity contribution is 5.95. The first-order valence-electron chi connectivity index (χ1n) is 11.1. The van der Waals surface area contributed by atoms with Crippen LogP contribution in [0, 0.1) is 0 Å². The van der Waals surface area contributed by atoms with Crippen LogP contribution in [0.25, 0.3) is 22.3 Å². The minimum absolute atomic E-state index is 0.148. The Kier molecular flexibility index (Phi) is 4.33. The number of fused-ring (bicyclic) bond motifs is 1. The minimum atomic E-state index is -0.475. The number of benzene rings is 2. The predicted molar refractivity (Wildman–Crippen MR) is 127 cm³/mol. The molecule has 9 heteroatoms. The number of aromatic nitrogens is 5. The van der Waals surface area contributed by atoms with Gasteiger partial charge in [0, 0.05) is 29.2 Å². The van der Waals surface area contributed by atoms with Gasteiger partial charge in [0.2, 0.25) is 5.95 Å². The van der Waals surface area contributed by atoms with Gasteiger partial charge in [0.25, 0.3) is 5.91 Å². The van der Waals surface area contributed by atoms with Crippen LogP contribution in [0.3, 0.4) is 0 Å². The van der Waals surface area contributed by atoms with Crippen molar-refractivity contribution in [2.45, 2.75) is 37.3 Å². The molecule has 0 bridgehead atoms. The van der Waals surface area contributed by atoms with E-state index in [1.54, 1.807) is 16.8 Å². The average molecular weight is 441 g/mol. The largest absolute Gasteiger partial charge is 0.328 e. The molecule has 1 amide bonds. The molecule has 3 N–H and O–H groups in total. The Balaban J connectivity index is 1.24. The number of rotatable bonds is 7. The lowest BCUT2D eigenvalue weighted by Crippen LogP contribution is -2.35. The Labute approximate surface area is 190 Å². The molecule has 2 fully saturated rings. The number of aryl methyl sites for hydroxylation is 1. The van der Waals surface area contributed by atoms with Crippen LogP contribution in [0.1, 0.15) is 47.5 Å². The normalized spacial score (nSPS) is 16.5. The van der Waals surface area contributed by atoms with Crippen LogP contribution < -0.4 is 10.6 Å². The summed E-state index contributed by atoms with van der Waals surface area (Å²) in [5.74, 6) is 1.65. The van der Waals surface area contributed by atoms with Crippen LogP contribution in [0.2, 0.25) is 0 Å². The number of aliphatic imine (C=N–C) groups is 1. The molecule has 0 spiro atoms. The number of carbonyl (C=O) groups excluding carboxylic acids is 1. The molecular formula is C24H24N8O. The lowest BCUT2D eigenvalue weighted by Gasteiger charge is -2.12. The molecule has 0 radical (unpaired) electrons. The number of aromatic amines is 1. The van der Waals surface area contributed by atoms with Crippen molar-refractivity contribution in [3.63, 3.8) is 0 Å². The van der Waals surface area contributed by atoms with Crippen LogP contribution in [-0.4, -0.2) is 43.2 Å². The van der Waals surface area contributed by atoms with Crippen molar-refractivity contribution >= 4 is 35.2 Å². The fourth-order valence-electron chi connectivity index (χ4n) is 4.19. The summed E-state index contributed by atoms with van der Waals surface area (Å²) in [5.41, 5.74) is 4.30. The number of nitrogens with one attached hydrogen (secondary N) is 3. The van der Waals surface area contributed by atoms with Crippen LogP contribution in [-0.2, 0) is 7.05 Å². The zero-order valence-electron chi connectivity index (χ0n) is 18.3. The van der Waals surface area contributed by atoms with Gasteiger partial charge in [-0.2, -0.15) is 10.1 Å². The lowest BCUT2D eigenvalue weighted by molar-refractivity contribution is 0.0933. The van der Waals surface area contributed by atoms with Crippen molar-refractivity contribution in [2.75, 3.05) is 5.32 Å². The third-order valence-corrected chi connectivity index (χ3v) is 6.44. The third kappa shape index (κ3) is 3.55. The van der Waals surface area contributed by atoms with Crippen LogP contribution in [0.5, 0.6) is 0 Å². The second-order valence-electron chi connectivity index (χ2n) is 8.86. The predicted octanol–water partition coefficient (Wildman–Crippen LogP) is 3.90. The maximum atomic E-state index is 12.5. The van der Waals surface area contributed by atoms with Crippen molar-refractivity contribution in [1.82, 2.24) is 30.3 Å². The first kappa shape index (κ1) is 19.7. The summed E-state index contributed by atoms with van der Waals surface area (Å²) < 4.78 is 1.73. The van der Waals surface area contributed by atoms with Gasteiger partial charge in [0.15, 0.2) is 5.82 Å². The number of hydrogen-bond donors (Lipinski definition) is 3. The van der Waals surface area contributed by atoms with E-state index < -0.39 is 5.66 Å². The molecule has 2 aliphatic carbocycles.